The van der Waals surface area contributed by atoms with E-state index in [0.717, 1.165) is 30.0 Å². The van der Waals surface area contributed by atoms with Gasteiger partial charge in [0.1, 0.15) is 12.2 Å². The molecule has 144 valence electrons. The van der Waals surface area contributed by atoms with Gasteiger partial charge in [0.05, 0.1) is 5.69 Å². The number of hydrogen-bond donors (Lipinski definition) is 2. The van der Waals surface area contributed by atoms with Crippen molar-refractivity contribution in [3.63, 3.8) is 0 Å². The van der Waals surface area contributed by atoms with Crippen LogP contribution in [0, 0.1) is 6.92 Å². The number of aryl methyl sites for hydroxylation is 2. The second kappa shape index (κ2) is 8.12. The summed E-state index contributed by atoms with van der Waals surface area (Å²) in [5.74, 6) is 0.796. The highest BCUT2D eigenvalue weighted by molar-refractivity contribution is 5.89. The average Bonchev–Trinajstić information content (AvgIpc) is 3.23. The molecule has 3 aromatic rings. The van der Waals surface area contributed by atoms with Gasteiger partial charge in [-0.3, -0.25) is 0 Å². The van der Waals surface area contributed by atoms with Crippen LogP contribution in [0.1, 0.15) is 35.6 Å². The number of tetrazole rings is 1. The van der Waals surface area contributed by atoms with Crippen LogP contribution in [0.3, 0.4) is 0 Å². The van der Waals surface area contributed by atoms with Gasteiger partial charge in [-0.2, -0.15) is 0 Å². The van der Waals surface area contributed by atoms with Crippen molar-refractivity contribution in [1.82, 2.24) is 35.5 Å². The van der Waals surface area contributed by atoms with E-state index in [0.29, 0.717) is 18.7 Å². The van der Waals surface area contributed by atoms with Crippen LogP contribution in [0.15, 0.2) is 30.6 Å². The van der Waals surface area contributed by atoms with Gasteiger partial charge in [-0.05, 0) is 72.9 Å². The number of benzene rings is 1. The molecule has 0 saturated heterocycles. The van der Waals surface area contributed by atoms with Gasteiger partial charge in [-0.15, -0.1) is 5.10 Å². The summed E-state index contributed by atoms with van der Waals surface area (Å²) in [5.41, 5.74) is 5.07. The van der Waals surface area contributed by atoms with E-state index in [1.54, 1.807) is 16.8 Å². The third-order valence-electron chi connectivity index (χ3n) is 4.81. The minimum absolute atomic E-state index is 0.259. The Bertz CT molecular complexity index is 953. The third-order valence-corrected chi connectivity index (χ3v) is 4.81. The number of anilines is 1. The standard InChI is InChI=1S/C19H22N8O/c1-13-16-4-2-3-5-17(16)24-18(22-13)10-11-20-19(28)23-14-6-8-15(9-7-14)27-12-21-25-26-27/h6-9,12H,2-5,10-11H2,1H3,(H2,20,23,28). The summed E-state index contributed by atoms with van der Waals surface area (Å²) in [7, 11) is 0. The SMILES string of the molecule is Cc1nc(CCNC(=O)Nc2ccc(-n3cnnn3)cc2)nc2c1CCCC2. The van der Waals surface area contributed by atoms with Crippen molar-refractivity contribution in [2.24, 2.45) is 0 Å². The zero-order valence-corrected chi connectivity index (χ0v) is 15.7. The lowest BCUT2D eigenvalue weighted by molar-refractivity contribution is 0.252. The van der Waals surface area contributed by atoms with Gasteiger partial charge in [-0.25, -0.2) is 19.4 Å². The van der Waals surface area contributed by atoms with Crippen molar-refractivity contribution in [3.8, 4) is 5.69 Å². The normalized spacial score (nSPS) is 13.0. The first kappa shape index (κ1) is 18.0. The molecular weight excluding hydrogens is 356 g/mol. The summed E-state index contributed by atoms with van der Waals surface area (Å²) in [6.07, 6.45) is 6.64. The first-order valence-corrected chi connectivity index (χ1v) is 9.42. The predicted molar refractivity (Wildman–Crippen MR) is 103 cm³/mol. The molecule has 0 bridgehead atoms. The fourth-order valence-electron chi connectivity index (χ4n) is 3.40. The summed E-state index contributed by atoms with van der Waals surface area (Å²) in [6.45, 7) is 2.53. The quantitative estimate of drug-likeness (QED) is 0.703. The number of aromatic nitrogens is 6. The van der Waals surface area contributed by atoms with E-state index in [1.165, 1.54) is 30.4 Å². The summed E-state index contributed by atoms with van der Waals surface area (Å²) in [5, 5.41) is 16.7. The largest absolute Gasteiger partial charge is 0.337 e. The van der Waals surface area contributed by atoms with Crippen molar-refractivity contribution < 1.29 is 4.79 Å². The lowest BCUT2D eigenvalue weighted by Crippen LogP contribution is -2.31. The molecule has 1 aliphatic rings. The smallest absolute Gasteiger partial charge is 0.319 e. The zero-order valence-electron chi connectivity index (χ0n) is 15.7. The number of rotatable bonds is 5. The monoisotopic (exact) mass is 378 g/mol. The van der Waals surface area contributed by atoms with Crippen LogP contribution in [0.5, 0.6) is 0 Å². The molecule has 28 heavy (non-hydrogen) atoms. The van der Waals surface area contributed by atoms with Gasteiger partial charge in [0.15, 0.2) is 0 Å². The Morgan fingerprint density at radius 1 is 1.14 bits per heavy atom. The molecule has 0 atom stereocenters. The number of hydrogen-bond acceptors (Lipinski definition) is 6. The van der Waals surface area contributed by atoms with Gasteiger partial charge < -0.3 is 10.6 Å². The Morgan fingerprint density at radius 3 is 2.75 bits per heavy atom. The topological polar surface area (TPSA) is 111 Å². The summed E-state index contributed by atoms with van der Waals surface area (Å²) in [4.78, 5) is 21.4. The van der Waals surface area contributed by atoms with Gasteiger partial charge >= 0.3 is 6.03 Å². The van der Waals surface area contributed by atoms with Gasteiger partial charge in [0.2, 0.25) is 0 Å². The first-order valence-electron chi connectivity index (χ1n) is 9.42. The van der Waals surface area contributed by atoms with Crippen LogP contribution >= 0.6 is 0 Å². The molecule has 9 nitrogen and oxygen atoms in total. The van der Waals surface area contributed by atoms with Crippen LogP contribution in [-0.2, 0) is 19.3 Å². The lowest BCUT2D eigenvalue weighted by atomic mass is 9.95. The van der Waals surface area contributed by atoms with E-state index < -0.39 is 0 Å². The van der Waals surface area contributed by atoms with Crippen molar-refractivity contribution in [2.45, 2.75) is 39.0 Å². The van der Waals surface area contributed by atoms with Crippen LogP contribution in [0.2, 0.25) is 0 Å². The molecule has 0 fully saturated rings. The fraction of sp³-hybridized carbons (Fsp3) is 0.368. The first-order chi connectivity index (χ1) is 13.7. The molecule has 0 aliphatic heterocycles. The number of nitrogens with one attached hydrogen (secondary N) is 2. The molecule has 9 heteroatoms. The Morgan fingerprint density at radius 2 is 1.96 bits per heavy atom. The predicted octanol–water partition coefficient (Wildman–Crippen LogP) is 2.00. The van der Waals surface area contributed by atoms with Gasteiger partial charge in [-0.1, -0.05) is 0 Å². The Hall–Kier alpha value is -3.36. The summed E-state index contributed by atoms with van der Waals surface area (Å²) >= 11 is 0. The molecular formula is C19H22N8O. The number of amides is 2. The van der Waals surface area contributed by atoms with Gasteiger partial charge in [0.25, 0.3) is 0 Å². The molecule has 1 aromatic carbocycles. The Kier molecular flexibility index (Phi) is 5.22. The van der Waals surface area contributed by atoms with Crippen molar-refractivity contribution in [3.05, 3.63) is 53.4 Å². The molecule has 2 amide bonds. The molecule has 0 saturated carbocycles. The van der Waals surface area contributed by atoms with E-state index in [1.807, 2.05) is 12.1 Å². The van der Waals surface area contributed by atoms with Crippen LogP contribution in [-0.4, -0.2) is 42.8 Å². The third kappa shape index (κ3) is 4.13. The highest BCUT2D eigenvalue weighted by atomic mass is 16.2. The number of nitrogens with zero attached hydrogens (tertiary/aromatic N) is 6. The van der Waals surface area contributed by atoms with Gasteiger partial charge in [0, 0.05) is 30.0 Å². The molecule has 1 aliphatic carbocycles. The van der Waals surface area contributed by atoms with E-state index in [-0.39, 0.29) is 6.03 Å². The Balaban J connectivity index is 1.28. The van der Waals surface area contributed by atoms with E-state index >= 15 is 0 Å². The van der Waals surface area contributed by atoms with Crippen LogP contribution in [0.4, 0.5) is 10.5 Å². The lowest BCUT2D eigenvalue weighted by Gasteiger charge is -2.17. The zero-order chi connectivity index (χ0) is 19.3. The molecule has 2 heterocycles. The molecule has 2 N–H and O–H groups in total. The molecule has 0 unspecified atom stereocenters. The molecule has 0 spiro atoms. The number of fused-ring (bicyclic) bond motifs is 1. The van der Waals surface area contributed by atoms with Crippen LogP contribution < -0.4 is 10.6 Å². The Labute approximate surface area is 162 Å². The number of carbonyl (C=O) groups is 1. The van der Waals surface area contributed by atoms with Crippen molar-refractivity contribution in [2.75, 3.05) is 11.9 Å². The van der Waals surface area contributed by atoms with E-state index in [9.17, 15) is 4.79 Å². The second-order valence-corrected chi connectivity index (χ2v) is 6.79. The van der Waals surface area contributed by atoms with E-state index in [4.69, 9.17) is 0 Å². The number of carbonyl (C=O) groups excluding carboxylic acids is 1. The minimum Gasteiger partial charge on any atom is -0.337 e. The number of urea groups is 1. The van der Waals surface area contributed by atoms with Crippen molar-refractivity contribution in [1.29, 1.82) is 0 Å². The second-order valence-electron chi connectivity index (χ2n) is 6.79. The molecule has 2 aromatic heterocycles. The average molecular weight is 378 g/mol. The molecule has 0 radical (unpaired) electrons. The van der Waals surface area contributed by atoms with E-state index in [2.05, 4.69) is 43.1 Å². The maximum Gasteiger partial charge on any atom is 0.319 e. The fourth-order valence-corrected chi connectivity index (χ4v) is 3.40. The van der Waals surface area contributed by atoms with Crippen molar-refractivity contribution >= 4 is 11.7 Å². The molecule has 4 rings (SSSR count). The van der Waals surface area contributed by atoms with Crippen LogP contribution in [0.25, 0.3) is 5.69 Å². The highest BCUT2D eigenvalue weighted by Gasteiger charge is 2.15. The maximum atomic E-state index is 12.1. The maximum absolute atomic E-state index is 12.1. The summed E-state index contributed by atoms with van der Waals surface area (Å²) < 4.78 is 1.55. The summed E-state index contributed by atoms with van der Waals surface area (Å²) in [6, 6.07) is 7.00. The highest BCUT2D eigenvalue weighted by Crippen LogP contribution is 2.21. The minimum atomic E-state index is -0.259.